The van der Waals surface area contributed by atoms with E-state index in [2.05, 4.69) is 80.3 Å². The Kier molecular flexibility index (Phi) is 11.2. The van der Waals surface area contributed by atoms with Crippen LogP contribution in [0.3, 0.4) is 0 Å². The maximum atomic E-state index is 4.67. The van der Waals surface area contributed by atoms with E-state index in [4.69, 9.17) is 0 Å². The Morgan fingerprint density at radius 3 is 2.12 bits per heavy atom. The van der Waals surface area contributed by atoms with Crippen molar-refractivity contribution < 1.29 is 0 Å². The zero-order chi connectivity index (χ0) is 24.4. The van der Waals surface area contributed by atoms with Crippen molar-refractivity contribution in [2.45, 2.75) is 106 Å². The van der Waals surface area contributed by atoms with Gasteiger partial charge in [-0.1, -0.05) is 81.4 Å². The van der Waals surface area contributed by atoms with Crippen LogP contribution < -0.4 is 10.6 Å². The summed E-state index contributed by atoms with van der Waals surface area (Å²) in [6.45, 7) is 22.5. The molecule has 4 nitrogen and oxygen atoms in total. The monoisotopic (exact) mass is 440 g/mol. The first-order valence-corrected chi connectivity index (χ1v) is 12.6. The van der Waals surface area contributed by atoms with Crippen LogP contribution in [0, 0.1) is 5.41 Å². The molecule has 180 valence electrons. The van der Waals surface area contributed by atoms with Crippen molar-refractivity contribution in [3.05, 3.63) is 47.3 Å². The quantitative estimate of drug-likeness (QED) is 0.442. The van der Waals surface area contributed by atoms with Crippen molar-refractivity contribution >= 4 is 11.6 Å². The first-order valence-electron chi connectivity index (χ1n) is 12.6. The molecular formula is C28H48N4. The fourth-order valence-corrected chi connectivity index (χ4v) is 3.70. The summed E-state index contributed by atoms with van der Waals surface area (Å²) in [6.07, 6.45) is 6.61. The Labute approximate surface area is 198 Å². The number of aromatic nitrogens is 2. The first-order chi connectivity index (χ1) is 15.1. The predicted molar refractivity (Wildman–Crippen MR) is 142 cm³/mol. The molecule has 1 atom stereocenters. The van der Waals surface area contributed by atoms with Crippen LogP contribution >= 0.6 is 0 Å². The van der Waals surface area contributed by atoms with Crippen LogP contribution in [0.25, 0.3) is 0 Å². The molecule has 2 aliphatic rings. The second-order valence-corrected chi connectivity index (χ2v) is 10.1. The van der Waals surface area contributed by atoms with Gasteiger partial charge >= 0.3 is 0 Å². The van der Waals surface area contributed by atoms with Crippen LogP contribution in [-0.4, -0.2) is 22.6 Å². The largest absolute Gasteiger partial charge is 0.370 e. The van der Waals surface area contributed by atoms with E-state index in [1.807, 2.05) is 40.0 Å². The second-order valence-electron chi connectivity index (χ2n) is 10.1. The summed E-state index contributed by atoms with van der Waals surface area (Å²) in [4.78, 5) is 9.05. The van der Waals surface area contributed by atoms with Crippen LogP contribution in [0.5, 0.6) is 0 Å². The minimum atomic E-state index is 0.147. The molecule has 1 unspecified atom stereocenters. The van der Waals surface area contributed by atoms with Crippen LogP contribution in [0.15, 0.2) is 30.5 Å². The highest BCUT2D eigenvalue weighted by Gasteiger charge is 2.28. The van der Waals surface area contributed by atoms with Gasteiger partial charge in [0.15, 0.2) is 0 Å². The summed E-state index contributed by atoms with van der Waals surface area (Å²) in [6, 6.07) is 9.09. The van der Waals surface area contributed by atoms with Gasteiger partial charge in [0.1, 0.15) is 11.6 Å². The van der Waals surface area contributed by atoms with Gasteiger partial charge in [0, 0.05) is 29.9 Å². The standard InChI is InChI=1S/2C12H18N2.2C2H6/c2*1-12(2,3)10-7-6-9-5-4-8-13-11(9)14-10;2*1-2/h6-7H,4-5,8H2,1-3H3,(H,13,14);4-5,8,10H,6-7H2,1-3H3,(H,13,14);2*1-2H3. The van der Waals surface area contributed by atoms with Crippen LogP contribution in [-0.2, 0) is 18.3 Å². The van der Waals surface area contributed by atoms with E-state index >= 15 is 0 Å². The number of hydrogen-bond acceptors (Lipinski definition) is 4. The lowest BCUT2D eigenvalue weighted by molar-refractivity contribution is 0.320. The summed E-state index contributed by atoms with van der Waals surface area (Å²) >= 11 is 0. The maximum Gasteiger partial charge on any atom is 0.129 e. The third-order valence-corrected chi connectivity index (χ3v) is 5.61. The molecule has 4 rings (SSSR count). The Morgan fingerprint density at radius 2 is 1.50 bits per heavy atom. The molecule has 0 aromatic carbocycles. The lowest BCUT2D eigenvalue weighted by Crippen LogP contribution is -2.37. The average molecular weight is 441 g/mol. The van der Waals surface area contributed by atoms with Crippen molar-refractivity contribution in [2.75, 3.05) is 17.2 Å². The predicted octanol–water partition coefficient (Wildman–Crippen LogP) is 7.64. The second kappa shape index (κ2) is 12.8. The van der Waals surface area contributed by atoms with Crippen molar-refractivity contribution in [2.24, 2.45) is 5.41 Å². The van der Waals surface area contributed by atoms with Gasteiger partial charge in [-0.25, -0.2) is 9.97 Å². The Morgan fingerprint density at radius 1 is 0.844 bits per heavy atom. The average Bonchev–Trinajstić information content (AvgIpc) is 2.80. The maximum absolute atomic E-state index is 4.67. The summed E-state index contributed by atoms with van der Waals surface area (Å²) < 4.78 is 0. The smallest absolute Gasteiger partial charge is 0.129 e. The SMILES string of the molecule is CC.CC.CC(C)(C)C1CCc2cccnc2N1.CC(C)(C)c1ccc2c(n1)NCCC2. The Bertz CT molecular complexity index is 800. The van der Waals surface area contributed by atoms with Gasteiger partial charge in [0.2, 0.25) is 0 Å². The van der Waals surface area contributed by atoms with Gasteiger partial charge in [0.05, 0.1) is 0 Å². The van der Waals surface area contributed by atoms with Crippen molar-refractivity contribution in [1.29, 1.82) is 0 Å². The molecule has 0 bridgehead atoms. The summed E-state index contributed by atoms with van der Waals surface area (Å²) in [5.74, 6) is 2.18. The molecule has 0 amide bonds. The lowest BCUT2D eigenvalue weighted by Gasteiger charge is -2.35. The molecule has 2 aromatic rings. The molecule has 0 aliphatic carbocycles. The number of pyridine rings is 2. The molecule has 0 saturated heterocycles. The fourth-order valence-electron chi connectivity index (χ4n) is 3.70. The highest BCUT2D eigenvalue weighted by molar-refractivity contribution is 5.48. The topological polar surface area (TPSA) is 49.8 Å². The van der Waals surface area contributed by atoms with Gasteiger partial charge in [-0.2, -0.15) is 0 Å². The number of nitrogens with zero attached hydrogens (tertiary/aromatic N) is 2. The van der Waals surface area contributed by atoms with Crippen LogP contribution in [0.1, 0.15) is 98.9 Å². The Balaban J connectivity index is 0.000000277. The minimum absolute atomic E-state index is 0.147. The molecule has 4 heterocycles. The van der Waals surface area contributed by atoms with Crippen molar-refractivity contribution in [3.8, 4) is 0 Å². The number of rotatable bonds is 0. The van der Waals surface area contributed by atoms with Crippen molar-refractivity contribution in [3.63, 3.8) is 0 Å². The number of anilines is 2. The van der Waals surface area contributed by atoms with E-state index in [0.717, 1.165) is 24.6 Å². The lowest BCUT2D eigenvalue weighted by atomic mass is 9.81. The van der Waals surface area contributed by atoms with E-state index < -0.39 is 0 Å². The first kappa shape index (κ1) is 27.9. The number of nitrogens with one attached hydrogen (secondary N) is 2. The molecule has 32 heavy (non-hydrogen) atoms. The van der Waals surface area contributed by atoms with Crippen LogP contribution in [0.2, 0.25) is 0 Å². The molecule has 0 fully saturated rings. The summed E-state index contributed by atoms with van der Waals surface area (Å²) in [7, 11) is 0. The number of aryl methyl sites for hydroxylation is 2. The third-order valence-electron chi connectivity index (χ3n) is 5.61. The van der Waals surface area contributed by atoms with E-state index in [9.17, 15) is 0 Å². The third kappa shape index (κ3) is 8.11. The molecule has 2 aliphatic heterocycles. The molecule has 0 saturated carbocycles. The van der Waals surface area contributed by atoms with Gasteiger partial charge in [-0.15, -0.1) is 0 Å². The minimum Gasteiger partial charge on any atom is -0.370 e. The summed E-state index contributed by atoms with van der Waals surface area (Å²) in [5.41, 5.74) is 4.35. The van der Waals surface area contributed by atoms with E-state index in [1.165, 1.54) is 36.1 Å². The highest BCUT2D eigenvalue weighted by Crippen LogP contribution is 2.31. The normalized spacial score (nSPS) is 16.6. The highest BCUT2D eigenvalue weighted by atomic mass is 15.0. The van der Waals surface area contributed by atoms with Gasteiger partial charge in [0.25, 0.3) is 0 Å². The van der Waals surface area contributed by atoms with Crippen LogP contribution in [0.4, 0.5) is 11.6 Å². The zero-order valence-electron chi connectivity index (χ0n) is 22.4. The molecule has 0 radical (unpaired) electrons. The van der Waals surface area contributed by atoms with Gasteiger partial charge in [-0.05, 0) is 54.4 Å². The molecule has 4 heteroatoms. The Hall–Kier alpha value is -2.10. The van der Waals surface area contributed by atoms with Crippen molar-refractivity contribution in [1.82, 2.24) is 9.97 Å². The molecule has 2 aromatic heterocycles. The van der Waals surface area contributed by atoms with E-state index in [1.54, 1.807) is 0 Å². The number of hydrogen-bond donors (Lipinski definition) is 2. The molecule has 2 N–H and O–H groups in total. The summed E-state index contributed by atoms with van der Waals surface area (Å²) in [5, 5.41) is 6.89. The van der Waals surface area contributed by atoms with E-state index in [-0.39, 0.29) is 5.41 Å². The molecule has 0 spiro atoms. The zero-order valence-corrected chi connectivity index (χ0v) is 22.4. The van der Waals surface area contributed by atoms with Gasteiger partial charge in [-0.3, -0.25) is 0 Å². The van der Waals surface area contributed by atoms with E-state index in [0.29, 0.717) is 11.5 Å². The number of fused-ring (bicyclic) bond motifs is 2. The fraction of sp³-hybridized carbons (Fsp3) is 0.643. The molecular weight excluding hydrogens is 392 g/mol. The van der Waals surface area contributed by atoms with Gasteiger partial charge < -0.3 is 10.6 Å².